The average molecular weight is 527 g/mol. The zero-order valence-corrected chi connectivity index (χ0v) is 22.8. The molecule has 0 aliphatic carbocycles. The molecule has 6 rings (SSSR count). The molecule has 2 aliphatic heterocycles. The number of piperidine rings is 2. The van der Waals surface area contributed by atoms with Crippen molar-refractivity contribution in [3.8, 4) is 11.3 Å². The molecule has 0 atom stereocenters. The molecule has 4 aromatic heterocycles. The van der Waals surface area contributed by atoms with Crippen LogP contribution in [0.5, 0.6) is 0 Å². The predicted molar refractivity (Wildman–Crippen MR) is 145 cm³/mol. The number of nitrogens with zero attached hydrogens (tertiary/aromatic N) is 4. The standard InChI is InChI=1S/C26H34N6O2S2/c1-16(2)23-24(19-12-17(3)26-28-15-29-32(26)14-19)30-21-13-22(35-25(21)23)18-6-10-31(11-7-18)36(33,34)20-4-8-27-9-5-20/h12-16,18,20,27,30H,4-11H2,1-3H3. The number of hydrogen-bond donors (Lipinski definition) is 2. The summed E-state index contributed by atoms with van der Waals surface area (Å²) in [5, 5.41) is 7.41. The molecule has 2 fully saturated rings. The van der Waals surface area contributed by atoms with Crippen LogP contribution in [0.3, 0.4) is 0 Å². The highest BCUT2D eigenvalue weighted by Crippen LogP contribution is 2.43. The Hall–Kier alpha value is -2.27. The molecule has 0 unspecified atom stereocenters. The first kappa shape index (κ1) is 24.1. The molecule has 0 saturated carbocycles. The Balaban J connectivity index is 1.26. The highest BCUT2D eigenvalue weighted by atomic mass is 32.2. The third-order valence-corrected chi connectivity index (χ3v) is 11.6. The molecular weight excluding hydrogens is 492 g/mol. The van der Waals surface area contributed by atoms with Crippen LogP contribution in [0.2, 0.25) is 0 Å². The predicted octanol–water partition coefficient (Wildman–Crippen LogP) is 4.63. The molecule has 2 N–H and O–H groups in total. The maximum Gasteiger partial charge on any atom is 0.217 e. The summed E-state index contributed by atoms with van der Waals surface area (Å²) in [6.45, 7) is 9.42. The maximum atomic E-state index is 13.1. The first-order valence-corrected chi connectivity index (χ1v) is 15.3. The molecule has 0 amide bonds. The van der Waals surface area contributed by atoms with E-state index in [1.807, 2.05) is 15.9 Å². The second-order valence-electron chi connectivity index (χ2n) is 10.6. The van der Waals surface area contributed by atoms with Gasteiger partial charge in [0.2, 0.25) is 10.0 Å². The summed E-state index contributed by atoms with van der Waals surface area (Å²) in [4.78, 5) is 9.44. The van der Waals surface area contributed by atoms with Gasteiger partial charge in [-0.05, 0) is 80.8 Å². The molecule has 6 heterocycles. The molecule has 10 heteroatoms. The van der Waals surface area contributed by atoms with Crippen LogP contribution in [-0.2, 0) is 10.0 Å². The van der Waals surface area contributed by atoms with Crippen molar-refractivity contribution < 1.29 is 8.42 Å². The minimum atomic E-state index is -3.19. The van der Waals surface area contributed by atoms with Crippen molar-refractivity contribution in [2.24, 2.45) is 0 Å². The lowest BCUT2D eigenvalue weighted by Gasteiger charge is -2.34. The summed E-state index contributed by atoms with van der Waals surface area (Å²) in [6, 6.07) is 4.49. The number of thiophene rings is 1. The largest absolute Gasteiger partial charge is 0.354 e. The Bertz CT molecular complexity index is 1500. The summed E-state index contributed by atoms with van der Waals surface area (Å²) >= 11 is 1.88. The Morgan fingerprint density at radius 2 is 1.86 bits per heavy atom. The van der Waals surface area contributed by atoms with Gasteiger partial charge in [0.1, 0.15) is 6.33 Å². The van der Waals surface area contributed by atoms with Gasteiger partial charge in [-0.15, -0.1) is 11.3 Å². The van der Waals surface area contributed by atoms with E-state index < -0.39 is 10.0 Å². The SMILES string of the molecule is Cc1cc(-c2[nH]c3cc(C4CCN(S(=O)(=O)C5CCNCC5)CC4)sc3c2C(C)C)cn2ncnc12. The second kappa shape index (κ2) is 9.24. The van der Waals surface area contributed by atoms with Gasteiger partial charge in [0.05, 0.1) is 21.2 Å². The van der Waals surface area contributed by atoms with Gasteiger partial charge in [-0.3, -0.25) is 0 Å². The van der Waals surface area contributed by atoms with Gasteiger partial charge in [-0.25, -0.2) is 22.2 Å². The van der Waals surface area contributed by atoms with E-state index in [1.54, 1.807) is 10.6 Å². The molecule has 2 saturated heterocycles. The topological polar surface area (TPSA) is 95.4 Å². The van der Waals surface area contributed by atoms with Crippen molar-refractivity contribution in [3.63, 3.8) is 0 Å². The lowest BCUT2D eigenvalue weighted by atomic mass is 9.96. The van der Waals surface area contributed by atoms with E-state index in [0.29, 0.717) is 24.9 Å². The van der Waals surface area contributed by atoms with E-state index >= 15 is 0 Å². The van der Waals surface area contributed by atoms with Gasteiger partial charge in [0.15, 0.2) is 5.65 Å². The van der Waals surface area contributed by atoms with E-state index in [2.05, 4.69) is 59.5 Å². The van der Waals surface area contributed by atoms with E-state index in [-0.39, 0.29) is 5.25 Å². The fourth-order valence-corrected chi connectivity index (χ4v) is 9.38. The van der Waals surface area contributed by atoms with Gasteiger partial charge >= 0.3 is 0 Å². The van der Waals surface area contributed by atoms with Crippen LogP contribution in [0, 0.1) is 6.92 Å². The summed E-state index contributed by atoms with van der Waals surface area (Å²) in [5.74, 6) is 0.774. The van der Waals surface area contributed by atoms with Crippen LogP contribution < -0.4 is 5.32 Å². The second-order valence-corrected chi connectivity index (χ2v) is 13.9. The fraction of sp³-hybridized carbons (Fsp3) is 0.538. The highest BCUT2D eigenvalue weighted by molar-refractivity contribution is 7.89. The zero-order valence-electron chi connectivity index (χ0n) is 21.1. The molecular formula is C26H34N6O2S2. The van der Waals surface area contributed by atoms with Crippen molar-refractivity contribution >= 4 is 37.2 Å². The van der Waals surface area contributed by atoms with E-state index in [0.717, 1.165) is 61.2 Å². The fourth-order valence-electron chi connectivity index (χ4n) is 5.93. The molecule has 192 valence electrons. The number of sulfonamides is 1. The molecule has 0 spiro atoms. The number of rotatable bonds is 5. The molecule has 8 nitrogen and oxygen atoms in total. The van der Waals surface area contributed by atoms with Crippen molar-refractivity contribution in [2.45, 2.75) is 63.5 Å². The molecule has 0 aromatic carbocycles. The minimum Gasteiger partial charge on any atom is -0.354 e. The summed E-state index contributed by atoms with van der Waals surface area (Å²) < 4.78 is 31.2. The first-order chi connectivity index (χ1) is 17.3. The zero-order chi connectivity index (χ0) is 25.0. The number of aryl methyl sites for hydroxylation is 1. The number of aromatic nitrogens is 4. The van der Waals surface area contributed by atoms with Gasteiger partial charge in [-0.1, -0.05) is 13.8 Å². The summed E-state index contributed by atoms with van der Waals surface area (Å²) in [7, 11) is -3.19. The number of aromatic amines is 1. The molecule has 0 radical (unpaired) electrons. The van der Waals surface area contributed by atoms with Gasteiger partial charge in [0.25, 0.3) is 0 Å². The highest BCUT2D eigenvalue weighted by Gasteiger charge is 2.36. The van der Waals surface area contributed by atoms with E-state index in [9.17, 15) is 8.42 Å². The number of H-pyrrole nitrogens is 1. The Morgan fingerprint density at radius 3 is 2.58 bits per heavy atom. The van der Waals surface area contributed by atoms with Crippen molar-refractivity contribution in [1.82, 2.24) is 29.2 Å². The lowest BCUT2D eigenvalue weighted by Crippen LogP contribution is -2.46. The van der Waals surface area contributed by atoms with E-state index in [4.69, 9.17) is 0 Å². The van der Waals surface area contributed by atoms with Crippen molar-refractivity contribution in [1.29, 1.82) is 0 Å². The van der Waals surface area contributed by atoms with Crippen LogP contribution in [0.25, 0.3) is 27.1 Å². The lowest BCUT2D eigenvalue weighted by molar-refractivity contribution is 0.314. The van der Waals surface area contributed by atoms with Crippen LogP contribution >= 0.6 is 11.3 Å². The van der Waals surface area contributed by atoms with Crippen molar-refractivity contribution in [3.05, 3.63) is 40.7 Å². The minimum absolute atomic E-state index is 0.220. The van der Waals surface area contributed by atoms with Crippen LogP contribution in [0.1, 0.15) is 67.4 Å². The third-order valence-electron chi connectivity index (χ3n) is 7.87. The summed E-state index contributed by atoms with van der Waals surface area (Å²) in [5.41, 5.74) is 6.77. The van der Waals surface area contributed by atoms with Crippen LogP contribution in [0.4, 0.5) is 0 Å². The quantitative estimate of drug-likeness (QED) is 0.395. The van der Waals surface area contributed by atoms with Crippen LogP contribution in [0.15, 0.2) is 24.7 Å². The number of nitrogens with one attached hydrogen (secondary N) is 2. The van der Waals surface area contributed by atoms with E-state index in [1.165, 1.54) is 20.7 Å². The average Bonchev–Trinajstić information content (AvgIpc) is 3.59. The van der Waals surface area contributed by atoms with Gasteiger partial charge < -0.3 is 10.3 Å². The maximum absolute atomic E-state index is 13.1. The van der Waals surface area contributed by atoms with Crippen molar-refractivity contribution in [2.75, 3.05) is 26.2 Å². The third kappa shape index (κ3) is 4.08. The number of hydrogen-bond acceptors (Lipinski definition) is 6. The monoisotopic (exact) mass is 526 g/mol. The van der Waals surface area contributed by atoms with Crippen LogP contribution in [-0.4, -0.2) is 63.7 Å². The normalized spacial score (nSPS) is 19.2. The summed E-state index contributed by atoms with van der Waals surface area (Å²) in [6.07, 6.45) is 6.87. The molecule has 2 aliphatic rings. The Kier molecular flexibility index (Phi) is 6.18. The van der Waals surface area contributed by atoms with Gasteiger partial charge in [0, 0.05) is 29.7 Å². The Morgan fingerprint density at radius 1 is 1.11 bits per heavy atom. The molecule has 0 bridgehead atoms. The molecule has 36 heavy (non-hydrogen) atoms. The molecule has 4 aromatic rings. The number of pyridine rings is 1. The van der Waals surface area contributed by atoms with Gasteiger partial charge in [-0.2, -0.15) is 5.10 Å². The first-order valence-electron chi connectivity index (χ1n) is 13.0. The number of fused-ring (bicyclic) bond motifs is 2. The Labute approximate surface area is 216 Å². The smallest absolute Gasteiger partial charge is 0.217 e.